The first-order chi connectivity index (χ1) is 14.9. The second kappa shape index (κ2) is 8.53. The molecule has 3 rings (SSSR count). The van der Waals surface area contributed by atoms with Crippen LogP contribution in [-0.2, 0) is 23.1 Å². The van der Waals surface area contributed by atoms with Crippen LogP contribution in [0.15, 0.2) is 41.2 Å². The maximum Gasteiger partial charge on any atom is 0.416 e. The van der Waals surface area contributed by atoms with Crippen molar-refractivity contribution >= 4 is 20.9 Å². The molecule has 0 amide bonds. The summed E-state index contributed by atoms with van der Waals surface area (Å²) in [6, 6.07) is 6.71. The highest BCUT2D eigenvalue weighted by Crippen LogP contribution is 2.35. The van der Waals surface area contributed by atoms with Crippen LogP contribution in [0.4, 0.5) is 13.2 Å². The number of ether oxygens (including phenoxy) is 2. The lowest BCUT2D eigenvalue weighted by molar-refractivity contribution is -0.137. The van der Waals surface area contributed by atoms with Crippen LogP contribution in [0.3, 0.4) is 0 Å². The third kappa shape index (κ3) is 4.62. The molecule has 1 heterocycles. The highest BCUT2D eigenvalue weighted by atomic mass is 32.2. The Kier molecular flexibility index (Phi) is 6.32. The van der Waals surface area contributed by atoms with Crippen LogP contribution < -0.4 is 15.2 Å². The van der Waals surface area contributed by atoms with Gasteiger partial charge in [0.2, 0.25) is 0 Å². The van der Waals surface area contributed by atoms with E-state index in [-0.39, 0.29) is 11.0 Å². The summed E-state index contributed by atoms with van der Waals surface area (Å²) in [5.41, 5.74) is -0.869. The van der Waals surface area contributed by atoms with Gasteiger partial charge in [0.1, 0.15) is 9.84 Å². The van der Waals surface area contributed by atoms with Crippen LogP contribution in [0, 0.1) is 0 Å². The van der Waals surface area contributed by atoms with Crippen LogP contribution in [0.2, 0.25) is 0 Å². The molecule has 0 aliphatic rings. The number of rotatable bonds is 7. The van der Waals surface area contributed by atoms with Crippen molar-refractivity contribution in [1.29, 1.82) is 0 Å². The molecule has 2 aromatic carbocycles. The molecule has 11 heteroatoms. The summed E-state index contributed by atoms with van der Waals surface area (Å²) in [7, 11) is -0.786. The van der Waals surface area contributed by atoms with E-state index in [1.165, 1.54) is 24.8 Å². The van der Waals surface area contributed by atoms with E-state index in [9.17, 15) is 26.4 Å². The quantitative estimate of drug-likeness (QED) is 0.527. The Balaban J connectivity index is 2.29. The van der Waals surface area contributed by atoms with Crippen molar-refractivity contribution in [3.63, 3.8) is 0 Å². The van der Waals surface area contributed by atoms with Gasteiger partial charge in [-0.15, -0.1) is 0 Å². The molecule has 174 valence electrons. The largest absolute Gasteiger partial charge is 0.493 e. The minimum atomic E-state index is -4.58. The normalized spacial score (nSPS) is 13.3. The molecule has 1 aromatic heterocycles. The number of sulfone groups is 1. The van der Waals surface area contributed by atoms with E-state index in [0.717, 1.165) is 23.0 Å². The summed E-state index contributed by atoms with van der Waals surface area (Å²) in [5, 5.41) is 0. The van der Waals surface area contributed by atoms with Crippen molar-refractivity contribution in [3.05, 3.63) is 58.0 Å². The van der Waals surface area contributed by atoms with E-state index in [1.807, 2.05) is 0 Å². The van der Waals surface area contributed by atoms with Gasteiger partial charge in [-0.05, 0) is 42.8 Å². The number of halogens is 3. The molecule has 0 aliphatic carbocycles. The first-order valence-electron chi connectivity index (χ1n) is 9.64. The van der Waals surface area contributed by atoms with Gasteiger partial charge in [0, 0.05) is 13.3 Å². The van der Waals surface area contributed by atoms with E-state index in [4.69, 9.17) is 9.47 Å². The van der Waals surface area contributed by atoms with Crippen molar-refractivity contribution in [2.24, 2.45) is 7.05 Å². The van der Waals surface area contributed by atoms with Crippen LogP contribution in [0.5, 0.6) is 11.5 Å². The molecule has 32 heavy (non-hydrogen) atoms. The Labute approximate surface area is 182 Å². The molecule has 0 saturated heterocycles. The first kappa shape index (κ1) is 23.7. The van der Waals surface area contributed by atoms with E-state index in [2.05, 4.69) is 0 Å². The van der Waals surface area contributed by atoms with Crippen molar-refractivity contribution in [2.75, 3.05) is 25.7 Å². The average molecular weight is 472 g/mol. The fourth-order valence-corrected chi connectivity index (χ4v) is 4.53. The number of imidazole rings is 1. The molecule has 0 saturated carbocycles. The first-order valence-corrected chi connectivity index (χ1v) is 11.7. The van der Waals surface area contributed by atoms with E-state index in [1.54, 1.807) is 25.1 Å². The zero-order chi connectivity index (χ0) is 23.8. The number of aromatic nitrogens is 2. The maximum absolute atomic E-state index is 13.2. The second-order valence-electron chi connectivity index (χ2n) is 7.36. The molecular weight excluding hydrogens is 449 g/mol. The second-order valence-corrected chi connectivity index (χ2v) is 9.55. The monoisotopic (exact) mass is 472 g/mol. The summed E-state index contributed by atoms with van der Waals surface area (Å²) in [6.07, 6.45) is -3.55. The maximum atomic E-state index is 13.2. The van der Waals surface area contributed by atoms with Crippen molar-refractivity contribution < 1.29 is 31.1 Å². The highest BCUT2D eigenvalue weighted by Gasteiger charge is 2.32. The van der Waals surface area contributed by atoms with Crippen LogP contribution >= 0.6 is 0 Å². The van der Waals surface area contributed by atoms with Gasteiger partial charge in [-0.1, -0.05) is 6.07 Å². The fraction of sp³-hybridized carbons (Fsp3) is 0.381. The zero-order valence-electron chi connectivity index (χ0n) is 17.9. The number of methoxy groups -OCH3 is 1. The number of nitrogens with zero attached hydrogens (tertiary/aromatic N) is 2. The van der Waals surface area contributed by atoms with Gasteiger partial charge < -0.3 is 9.47 Å². The van der Waals surface area contributed by atoms with Gasteiger partial charge in [-0.3, -0.25) is 9.13 Å². The summed E-state index contributed by atoms with van der Waals surface area (Å²) < 4.78 is 77.1. The van der Waals surface area contributed by atoms with E-state index < -0.39 is 39.1 Å². The van der Waals surface area contributed by atoms with Crippen molar-refractivity contribution in [3.8, 4) is 11.5 Å². The third-order valence-electron chi connectivity index (χ3n) is 5.06. The summed E-state index contributed by atoms with van der Waals surface area (Å²) in [5.74, 6) is 0.345. The van der Waals surface area contributed by atoms with Crippen molar-refractivity contribution in [2.45, 2.75) is 19.1 Å². The molecule has 0 spiro atoms. The Morgan fingerprint density at radius 2 is 1.75 bits per heavy atom. The average Bonchev–Trinajstić information content (AvgIpc) is 2.95. The van der Waals surface area contributed by atoms with E-state index >= 15 is 0 Å². The van der Waals surface area contributed by atoms with Gasteiger partial charge in [0.05, 0.1) is 42.1 Å². The lowest BCUT2D eigenvalue weighted by atomic mass is 10.1. The summed E-state index contributed by atoms with van der Waals surface area (Å²) in [6.45, 7) is 2.10. The fourth-order valence-electron chi connectivity index (χ4n) is 3.62. The van der Waals surface area contributed by atoms with Crippen molar-refractivity contribution in [1.82, 2.24) is 9.13 Å². The number of fused-ring (bicyclic) bond motifs is 1. The number of benzene rings is 2. The van der Waals surface area contributed by atoms with Gasteiger partial charge in [0.15, 0.2) is 11.5 Å². The standard InChI is InChI=1S/C21H23F3N2O5S/c1-5-31-19-10-13(6-9-18(19)30-3)17(12-32(4,28)29)26-15-8-7-14(21(22,23)24)11-16(15)25(2)20(26)27/h6-11,17H,5,12H2,1-4H3. The number of hydrogen-bond acceptors (Lipinski definition) is 5. The van der Waals surface area contributed by atoms with Crippen LogP contribution in [0.25, 0.3) is 11.0 Å². The summed E-state index contributed by atoms with van der Waals surface area (Å²) >= 11 is 0. The molecule has 1 unspecified atom stereocenters. The molecule has 0 bridgehead atoms. The third-order valence-corrected chi connectivity index (χ3v) is 5.98. The van der Waals surface area contributed by atoms with Crippen LogP contribution in [-0.4, -0.2) is 43.3 Å². The number of aryl methyl sites for hydroxylation is 1. The lowest BCUT2D eigenvalue weighted by Crippen LogP contribution is -2.30. The molecule has 0 aliphatic heterocycles. The van der Waals surface area contributed by atoms with Crippen LogP contribution in [0.1, 0.15) is 24.1 Å². The Morgan fingerprint density at radius 3 is 2.31 bits per heavy atom. The van der Waals surface area contributed by atoms with Gasteiger partial charge in [-0.2, -0.15) is 13.2 Å². The predicted octanol–water partition coefficient (Wildman–Crippen LogP) is 3.40. The zero-order valence-corrected chi connectivity index (χ0v) is 18.7. The molecule has 0 fully saturated rings. The minimum Gasteiger partial charge on any atom is -0.493 e. The molecule has 3 aromatic rings. The smallest absolute Gasteiger partial charge is 0.416 e. The minimum absolute atomic E-state index is 0.0434. The molecule has 1 atom stereocenters. The Hall–Kier alpha value is -2.95. The Bertz CT molecular complexity index is 1310. The topological polar surface area (TPSA) is 79.5 Å². The SMILES string of the molecule is CCOc1cc(C(CS(C)(=O)=O)n2c(=O)n(C)c3cc(C(F)(F)F)ccc32)ccc1OC. The highest BCUT2D eigenvalue weighted by molar-refractivity contribution is 7.90. The predicted molar refractivity (Wildman–Crippen MR) is 114 cm³/mol. The van der Waals surface area contributed by atoms with Gasteiger partial charge in [0.25, 0.3) is 0 Å². The van der Waals surface area contributed by atoms with Gasteiger partial charge >= 0.3 is 11.9 Å². The molecule has 0 N–H and O–H groups in total. The summed E-state index contributed by atoms with van der Waals surface area (Å²) in [4.78, 5) is 13.1. The number of alkyl halides is 3. The van der Waals surface area contributed by atoms with Gasteiger partial charge in [-0.25, -0.2) is 13.2 Å². The lowest BCUT2D eigenvalue weighted by Gasteiger charge is -2.20. The molecule has 0 radical (unpaired) electrons. The molecular formula is C21H23F3N2O5S. The van der Waals surface area contributed by atoms with E-state index in [0.29, 0.717) is 23.7 Å². The number of hydrogen-bond donors (Lipinski definition) is 0. The molecule has 7 nitrogen and oxygen atoms in total. The Morgan fingerprint density at radius 1 is 1.06 bits per heavy atom.